The number of hydrogen-bond acceptors (Lipinski definition) is 3. The SMILES string of the molecule is CN1C(=O)C(=O)C(=C(O)c2ccc(Cl)cc2)[C@H]1c1ccc(F)cc1. The number of likely N-dealkylation sites (tertiary alicyclic amines) is 1. The molecule has 4 nitrogen and oxygen atoms in total. The Morgan fingerprint density at radius 2 is 1.67 bits per heavy atom. The number of aliphatic hydroxyl groups excluding tert-OH is 1. The van der Waals surface area contributed by atoms with E-state index in [4.69, 9.17) is 11.6 Å². The van der Waals surface area contributed by atoms with Crippen LogP contribution in [0.15, 0.2) is 54.1 Å². The molecule has 1 amide bonds. The second kappa shape index (κ2) is 6.09. The maximum Gasteiger partial charge on any atom is 0.295 e. The van der Waals surface area contributed by atoms with Gasteiger partial charge in [0.25, 0.3) is 11.7 Å². The van der Waals surface area contributed by atoms with Crippen molar-refractivity contribution in [3.05, 3.63) is 76.1 Å². The van der Waals surface area contributed by atoms with E-state index in [-0.39, 0.29) is 11.3 Å². The Morgan fingerprint density at radius 3 is 2.25 bits per heavy atom. The quantitative estimate of drug-likeness (QED) is 0.514. The highest BCUT2D eigenvalue weighted by molar-refractivity contribution is 6.46. The van der Waals surface area contributed by atoms with Gasteiger partial charge in [-0.15, -0.1) is 0 Å². The van der Waals surface area contributed by atoms with E-state index < -0.39 is 23.5 Å². The van der Waals surface area contributed by atoms with Crippen molar-refractivity contribution in [3.63, 3.8) is 0 Å². The minimum Gasteiger partial charge on any atom is -0.507 e. The summed E-state index contributed by atoms with van der Waals surface area (Å²) < 4.78 is 13.2. The Kier molecular flexibility index (Phi) is 4.11. The molecule has 6 heteroatoms. The summed E-state index contributed by atoms with van der Waals surface area (Å²) in [6, 6.07) is 10.9. The molecule has 2 aromatic rings. The van der Waals surface area contributed by atoms with Crippen LogP contribution in [0.1, 0.15) is 17.2 Å². The molecule has 2 aromatic carbocycles. The average molecular weight is 346 g/mol. The van der Waals surface area contributed by atoms with Gasteiger partial charge in [0.2, 0.25) is 0 Å². The van der Waals surface area contributed by atoms with Crippen molar-refractivity contribution < 1.29 is 19.1 Å². The van der Waals surface area contributed by atoms with Crippen LogP contribution in [0.5, 0.6) is 0 Å². The largest absolute Gasteiger partial charge is 0.507 e. The number of aliphatic hydroxyl groups is 1. The Morgan fingerprint density at radius 1 is 1.08 bits per heavy atom. The van der Waals surface area contributed by atoms with Gasteiger partial charge in [0.15, 0.2) is 0 Å². The van der Waals surface area contributed by atoms with Crippen LogP contribution in [-0.4, -0.2) is 28.7 Å². The number of halogens is 2. The van der Waals surface area contributed by atoms with Crippen molar-refractivity contribution in [2.24, 2.45) is 0 Å². The molecule has 0 unspecified atom stereocenters. The summed E-state index contributed by atoms with van der Waals surface area (Å²) in [6.07, 6.45) is 0. The number of rotatable bonds is 2. The summed E-state index contributed by atoms with van der Waals surface area (Å²) in [5.74, 6) is -2.22. The molecule has 1 aliphatic heterocycles. The lowest BCUT2D eigenvalue weighted by molar-refractivity contribution is -0.139. The molecule has 24 heavy (non-hydrogen) atoms. The first kappa shape index (κ1) is 16.2. The maximum absolute atomic E-state index is 13.2. The molecule has 0 aliphatic carbocycles. The summed E-state index contributed by atoms with van der Waals surface area (Å²) in [5.41, 5.74) is 0.878. The first-order valence-corrected chi connectivity index (χ1v) is 7.54. The number of carbonyl (C=O) groups excluding carboxylic acids is 2. The maximum atomic E-state index is 13.2. The first-order chi connectivity index (χ1) is 11.4. The van der Waals surface area contributed by atoms with Gasteiger partial charge < -0.3 is 10.0 Å². The lowest BCUT2D eigenvalue weighted by atomic mass is 9.95. The molecular formula is C18H13ClFNO3. The Bertz CT molecular complexity index is 844. The standard InChI is InChI=1S/C18H13ClFNO3/c1-21-15(10-4-8-13(20)9-5-10)14(17(23)18(21)24)16(22)11-2-6-12(19)7-3-11/h2-9,15,22H,1H3/t15-/m1/s1. The predicted octanol–water partition coefficient (Wildman–Crippen LogP) is 3.53. The van der Waals surface area contributed by atoms with E-state index in [1.54, 1.807) is 24.3 Å². The van der Waals surface area contributed by atoms with E-state index in [2.05, 4.69) is 0 Å². The van der Waals surface area contributed by atoms with Crippen LogP contribution in [0.3, 0.4) is 0 Å². The zero-order valence-corrected chi connectivity index (χ0v) is 13.4. The summed E-state index contributed by atoms with van der Waals surface area (Å²) in [5, 5.41) is 11.1. The van der Waals surface area contributed by atoms with E-state index in [1.165, 1.54) is 36.2 Å². The van der Waals surface area contributed by atoms with Crippen molar-refractivity contribution >= 4 is 29.1 Å². The van der Waals surface area contributed by atoms with Crippen molar-refractivity contribution in [2.45, 2.75) is 6.04 Å². The third kappa shape index (κ3) is 2.67. The summed E-state index contributed by atoms with van der Waals surface area (Å²) in [7, 11) is 1.47. The zero-order valence-electron chi connectivity index (χ0n) is 12.7. The lowest BCUT2D eigenvalue weighted by Crippen LogP contribution is -2.24. The fourth-order valence-electron chi connectivity index (χ4n) is 2.75. The topological polar surface area (TPSA) is 57.6 Å². The van der Waals surface area contributed by atoms with Crippen molar-refractivity contribution in [2.75, 3.05) is 7.05 Å². The van der Waals surface area contributed by atoms with Crippen LogP contribution < -0.4 is 0 Å². The average Bonchev–Trinajstić information content (AvgIpc) is 2.80. The lowest BCUT2D eigenvalue weighted by Gasteiger charge is -2.21. The monoisotopic (exact) mass is 345 g/mol. The van der Waals surface area contributed by atoms with E-state index in [1.807, 2.05) is 0 Å². The third-order valence-corrected chi connectivity index (χ3v) is 4.23. The van der Waals surface area contributed by atoms with Crippen LogP contribution in [-0.2, 0) is 9.59 Å². The number of benzene rings is 2. The van der Waals surface area contributed by atoms with Gasteiger partial charge in [0.05, 0.1) is 11.6 Å². The second-order valence-electron chi connectivity index (χ2n) is 5.47. The molecule has 1 atom stereocenters. The van der Waals surface area contributed by atoms with Gasteiger partial charge in [-0.2, -0.15) is 0 Å². The van der Waals surface area contributed by atoms with Gasteiger partial charge in [-0.1, -0.05) is 23.7 Å². The fraction of sp³-hybridized carbons (Fsp3) is 0.111. The van der Waals surface area contributed by atoms with Crippen LogP contribution >= 0.6 is 11.6 Å². The van der Waals surface area contributed by atoms with E-state index in [9.17, 15) is 19.1 Å². The molecule has 0 aromatic heterocycles. The molecule has 0 spiro atoms. The smallest absolute Gasteiger partial charge is 0.295 e. The molecule has 1 saturated heterocycles. The molecule has 0 saturated carbocycles. The van der Waals surface area contributed by atoms with Gasteiger partial charge >= 0.3 is 0 Å². The van der Waals surface area contributed by atoms with Gasteiger partial charge in [-0.25, -0.2) is 4.39 Å². The first-order valence-electron chi connectivity index (χ1n) is 7.16. The highest BCUT2D eigenvalue weighted by atomic mass is 35.5. The van der Waals surface area contributed by atoms with Crippen LogP contribution in [0, 0.1) is 5.82 Å². The Hall–Kier alpha value is -2.66. The number of carbonyl (C=O) groups is 2. The Labute approximate surface area is 142 Å². The van der Waals surface area contributed by atoms with Crippen molar-refractivity contribution in [1.29, 1.82) is 0 Å². The van der Waals surface area contributed by atoms with Gasteiger partial charge in [-0.05, 0) is 42.0 Å². The number of hydrogen-bond donors (Lipinski definition) is 1. The minimum atomic E-state index is -0.778. The fourth-order valence-corrected chi connectivity index (χ4v) is 2.87. The minimum absolute atomic E-state index is 0.0311. The zero-order chi connectivity index (χ0) is 17.4. The van der Waals surface area contributed by atoms with E-state index in [0.29, 0.717) is 16.1 Å². The van der Waals surface area contributed by atoms with Crippen molar-refractivity contribution in [1.82, 2.24) is 4.90 Å². The van der Waals surface area contributed by atoms with E-state index >= 15 is 0 Å². The van der Waals surface area contributed by atoms with Crippen molar-refractivity contribution in [3.8, 4) is 0 Å². The molecule has 1 aliphatic rings. The molecule has 1 N–H and O–H groups in total. The molecule has 0 bridgehead atoms. The third-order valence-electron chi connectivity index (χ3n) is 3.98. The van der Waals surface area contributed by atoms with Gasteiger partial charge in [-0.3, -0.25) is 9.59 Å². The highest BCUT2D eigenvalue weighted by Gasteiger charge is 2.44. The predicted molar refractivity (Wildman–Crippen MR) is 87.9 cm³/mol. The highest BCUT2D eigenvalue weighted by Crippen LogP contribution is 2.38. The Balaban J connectivity index is 2.16. The summed E-state index contributed by atoms with van der Waals surface area (Å²) in [4.78, 5) is 25.7. The van der Waals surface area contributed by atoms with Crippen LogP contribution in [0.25, 0.3) is 5.76 Å². The molecule has 3 rings (SSSR count). The summed E-state index contributed by atoms with van der Waals surface area (Å²) >= 11 is 5.83. The molecule has 1 fully saturated rings. The van der Waals surface area contributed by atoms with Crippen LogP contribution in [0.4, 0.5) is 4.39 Å². The number of ketones is 1. The normalized spacial score (nSPS) is 19.8. The summed E-state index contributed by atoms with van der Waals surface area (Å²) in [6.45, 7) is 0. The van der Waals surface area contributed by atoms with Gasteiger partial charge in [0, 0.05) is 17.6 Å². The molecular weight excluding hydrogens is 333 g/mol. The number of Topliss-reactive ketones (excluding diaryl/α,β-unsaturated/α-hetero) is 1. The van der Waals surface area contributed by atoms with Crippen LogP contribution in [0.2, 0.25) is 5.02 Å². The van der Waals surface area contributed by atoms with Gasteiger partial charge in [0.1, 0.15) is 11.6 Å². The molecule has 1 heterocycles. The number of nitrogens with zero attached hydrogens (tertiary/aromatic N) is 1. The van der Waals surface area contributed by atoms with E-state index in [0.717, 1.165) is 0 Å². The number of likely N-dealkylation sites (N-methyl/N-ethyl adjacent to an activating group) is 1. The second-order valence-corrected chi connectivity index (χ2v) is 5.90. The number of amides is 1. The molecule has 0 radical (unpaired) electrons. The molecule has 122 valence electrons.